The number of H-pyrrole nitrogens is 2. The highest BCUT2D eigenvalue weighted by Crippen LogP contribution is 2.35. The number of aromatic nitrogens is 6. The van der Waals surface area contributed by atoms with Crippen LogP contribution in [0.15, 0.2) is 91.4 Å². The molecular weight excluding hydrogens is 502 g/mol. The second-order valence-electron chi connectivity index (χ2n) is 9.55. The summed E-state index contributed by atoms with van der Waals surface area (Å²) in [5.74, 6) is 0. The van der Waals surface area contributed by atoms with E-state index in [1.165, 1.54) is 10.4 Å². The predicted octanol–water partition coefficient (Wildman–Crippen LogP) is 6.89. The van der Waals surface area contributed by atoms with Gasteiger partial charge in [-0.1, -0.05) is 30.3 Å². The number of hydrogen-bond donors (Lipinski definition) is 3. The Morgan fingerprint density at radius 1 is 0.846 bits per heavy atom. The van der Waals surface area contributed by atoms with Gasteiger partial charge in [0.15, 0.2) is 0 Å². The van der Waals surface area contributed by atoms with Crippen molar-refractivity contribution >= 4 is 33.3 Å². The maximum atomic E-state index is 5.02. The monoisotopic (exact) mass is 527 g/mol. The van der Waals surface area contributed by atoms with Crippen molar-refractivity contribution in [2.45, 2.75) is 20.0 Å². The average Bonchev–Trinajstić information content (AvgIpc) is 3.71. The Kier molecular flexibility index (Phi) is 5.96. The van der Waals surface area contributed by atoms with Crippen LogP contribution in [0.4, 0.5) is 0 Å². The molecule has 0 aliphatic rings. The number of aryl methyl sites for hydroxylation is 1. The van der Waals surface area contributed by atoms with Crippen molar-refractivity contribution in [1.82, 2.24) is 35.5 Å². The fraction of sp³-hybridized carbons (Fsp3) is 0.0968. The molecule has 1 aromatic carbocycles. The van der Waals surface area contributed by atoms with Crippen LogP contribution in [0.3, 0.4) is 0 Å². The number of fused-ring (bicyclic) bond motifs is 2. The van der Waals surface area contributed by atoms with E-state index in [1.807, 2.05) is 42.9 Å². The maximum Gasteiger partial charge on any atom is 0.135 e. The Morgan fingerprint density at radius 3 is 2.62 bits per heavy atom. The van der Waals surface area contributed by atoms with Crippen molar-refractivity contribution in [2.75, 3.05) is 0 Å². The zero-order chi connectivity index (χ0) is 26.2. The molecule has 0 saturated heterocycles. The number of thiophene rings is 1. The molecule has 8 heteroatoms. The summed E-state index contributed by atoms with van der Waals surface area (Å²) in [6.07, 6.45) is 5.60. The lowest BCUT2D eigenvalue weighted by Gasteiger charge is -2.07. The van der Waals surface area contributed by atoms with Gasteiger partial charge in [-0.25, -0.2) is 4.98 Å². The Balaban J connectivity index is 1.20. The van der Waals surface area contributed by atoms with Gasteiger partial charge in [-0.2, -0.15) is 5.10 Å². The first-order valence-electron chi connectivity index (χ1n) is 12.8. The highest BCUT2D eigenvalue weighted by Gasteiger charge is 2.16. The minimum Gasteiger partial charge on any atom is -0.353 e. The van der Waals surface area contributed by atoms with Gasteiger partial charge in [0, 0.05) is 53.0 Å². The molecule has 6 aromatic heterocycles. The number of nitrogens with one attached hydrogen (secondary N) is 3. The van der Waals surface area contributed by atoms with Crippen LogP contribution in [-0.4, -0.2) is 30.1 Å². The summed E-state index contributed by atoms with van der Waals surface area (Å²) < 4.78 is 0. The normalized spacial score (nSPS) is 11.5. The van der Waals surface area contributed by atoms with Crippen LogP contribution in [0.25, 0.3) is 55.2 Å². The third kappa shape index (κ3) is 4.60. The van der Waals surface area contributed by atoms with Gasteiger partial charge < -0.3 is 10.3 Å². The first-order chi connectivity index (χ1) is 19.2. The summed E-state index contributed by atoms with van der Waals surface area (Å²) in [6.45, 7) is 3.65. The van der Waals surface area contributed by atoms with Crippen LogP contribution in [-0.2, 0) is 13.1 Å². The summed E-state index contributed by atoms with van der Waals surface area (Å²) in [5, 5.41) is 12.3. The van der Waals surface area contributed by atoms with Gasteiger partial charge >= 0.3 is 0 Å². The molecule has 0 aliphatic carbocycles. The predicted molar refractivity (Wildman–Crippen MR) is 157 cm³/mol. The largest absolute Gasteiger partial charge is 0.353 e. The maximum absolute atomic E-state index is 5.02. The molecule has 0 saturated carbocycles. The number of benzene rings is 1. The molecule has 7 rings (SSSR count). The smallest absolute Gasteiger partial charge is 0.135 e. The zero-order valence-electron chi connectivity index (χ0n) is 21.3. The Morgan fingerprint density at radius 2 is 1.74 bits per heavy atom. The molecule has 0 unspecified atom stereocenters. The minimum atomic E-state index is 0.726. The average molecular weight is 528 g/mol. The molecule has 0 spiro atoms. The SMILES string of the molecule is Cc1ccc(-c2nccc3[nH]c(-c4n[nH]c5ccc(-c6cncc(CNCc7ccccc7)c6)nc45)cc23)s1. The Labute approximate surface area is 229 Å². The molecule has 3 N–H and O–H groups in total. The highest BCUT2D eigenvalue weighted by molar-refractivity contribution is 7.15. The topological polar surface area (TPSA) is 95.2 Å². The first kappa shape index (κ1) is 23.5. The molecule has 190 valence electrons. The molecule has 0 atom stereocenters. The number of hydrogen-bond acceptors (Lipinski definition) is 6. The molecule has 39 heavy (non-hydrogen) atoms. The van der Waals surface area contributed by atoms with Gasteiger partial charge in [-0.15, -0.1) is 11.3 Å². The van der Waals surface area contributed by atoms with E-state index in [2.05, 4.69) is 85.9 Å². The van der Waals surface area contributed by atoms with E-state index in [0.29, 0.717) is 0 Å². The van der Waals surface area contributed by atoms with Gasteiger partial charge in [0.2, 0.25) is 0 Å². The second kappa shape index (κ2) is 9.90. The third-order valence-electron chi connectivity index (χ3n) is 6.78. The van der Waals surface area contributed by atoms with Crippen molar-refractivity contribution in [2.24, 2.45) is 0 Å². The lowest BCUT2D eigenvalue weighted by atomic mass is 10.1. The summed E-state index contributed by atoms with van der Waals surface area (Å²) in [6, 6.07) is 24.9. The van der Waals surface area contributed by atoms with E-state index in [1.54, 1.807) is 11.3 Å². The van der Waals surface area contributed by atoms with Crippen LogP contribution in [0, 0.1) is 6.92 Å². The van der Waals surface area contributed by atoms with Crippen LogP contribution in [0.1, 0.15) is 16.0 Å². The van der Waals surface area contributed by atoms with Crippen molar-refractivity contribution in [3.8, 4) is 33.2 Å². The summed E-state index contributed by atoms with van der Waals surface area (Å²) in [4.78, 5) is 20.1. The summed E-state index contributed by atoms with van der Waals surface area (Å²) in [5.41, 5.74) is 9.57. The van der Waals surface area contributed by atoms with E-state index < -0.39 is 0 Å². The van der Waals surface area contributed by atoms with E-state index in [9.17, 15) is 0 Å². The quantitative estimate of drug-likeness (QED) is 0.210. The Hall–Kier alpha value is -4.66. The van der Waals surface area contributed by atoms with Gasteiger partial charge in [-0.05, 0) is 60.5 Å². The summed E-state index contributed by atoms with van der Waals surface area (Å²) in [7, 11) is 0. The van der Waals surface area contributed by atoms with Crippen LogP contribution in [0.2, 0.25) is 0 Å². The standard InChI is InChI=1S/C31H25N7S/c1-19-7-10-28(39-19)29-23-14-27(35-25(23)11-12-34-29)31-30-26(37-38-31)9-8-24(36-30)22-13-21(17-33-18-22)16-32-15-20-5-3-2-4-6-20/h2-14,17-18,32,35H,15-16H2,1H3,(H,37,38). The van der Waals surface area contributed by atoms with E-state index in [0.717, 1.165) is 73.8 Å². The molecule has 7 aromatic rings. The van der Waals surface area contributed by atoms with E-state index in [4.69, 9.17) is 4.98 Å². The van der Waals surface area contributed by atoms with Gasteiger partial charge in [0.1, 0.15) is 11.2 Å². The minimum absolute atomic E-state index is 0.726. The fourth-order valence-electron chi connectivity index (χ4n) is 4.86. The number of aromatic amines is 2. The van der Waals surface area contributed by atoms with Crippen molar-refractivity contribution < 1.29 is 0 Å². The number of pyridine rings is 3. The zero-order valence-corrected chi connectivity index (χ0v) is 22.1. The molecule has 6 heterocycles. The molecule has 0 amide bonds. The molecule has 0 bridgehead atoms. The lowest BCUT2D eigenvalue weighted by molar-refractivity contribution is 0.691. The Bertz CT molecular complexity index is 1920. The lowest BCUT2D eigenvalue weighted by Crippen LogP contribution is -2.12. The third-order valence-corrected chi connectivity index (χ3v) is 7.78. The number of nitrogens with zero attached hydrogens (tertiary/aromatic N) is 4. The highest BCUT2D eigenvalue weighted by atomic mass is 32.1. The molecule has 0 radical (unpaired) electrons. The molecule has 0 aliphatic heterocycles. The van der Waals surface area contributed by atoms with Crippen molar-refractivity contribution in [1.29, 1.82) is 0 Å². The number of rotatable bonds is 7. The van der Waals surface area contributed by atoms with Gasteiger partial charge in [0.25, 0.3) is 0 Å². The molecule has 7 nitrogen and oxygen atoms in total. The summed E-state index contributed by atoms with van der Waals surface area (Å²) >= 11 is 1.75. The van der Waals surface area contributed by atoms with Crippen LogP contribution < -0.4 is 5.32 Å². The van der Waals surface area contributed by atoms with E-state index in [-0.39, 0.29) is 0 Å². The van der Waals surface area contributed by atoms with Crippen LogP contribution in [0.5, 0.6) is 0 Å². The van der Waals surface area contributed by atoms with Crippen molar-refractivity contribution in [3.63, 3.8) is 0 Å². The first-order valence-corrected chi connectivity index (χ1v) is 13.6. The van der Waals surface area contributed by atoms with Gasteiger partial charge in [-0.3, -0.25) is 15.1 Å². The molecule has 0 fully saturated rings. The second-order valence-corrected chi connectivity index (χ2v) is 10.8. The van der Waals surface area contributed by atoms with Gasteiger partial charge in [0.05, 0.1) is 27.5 Å². The van der Waals surface area contributed by atoms with Crippen molar-refractivity contribution in [3.05, 3.63) is 107 Å². The molecular formula is C31H25N7S. The van der Waals surface area contributed by atoms with Crippen LogP contribution >= 0.6 is 11.3 Å². The fourth-order valence-corrected chi connectivity index (χ4v) is 5.74. The van der Waals surface area contributed by atoms with E-state index >= 15 is 0 Å².